The van der Waals surface area contributed by atoms with E-state index in [1.165, 1.54) is 33.7 Å². The van der Waals surface area contributed by atoms with Gasteiger partial charge >= 0.3 is 5.97 Å². The number of esters is 1. The van der Waals surface area contributed by atoms with Gasteiger partial charge in [-0.15, -0.1) is 0 Å². The van der Waals surface area contributed by atoms with E-state index in [9.17, 15) is 24.6 Å². The highest BCUT2D eigenvalue weighted by molar-refractivity contribution is 5.98. The van der Waals surface area contributed by atoms with E-state index in [0.717, 1.165) is 0 Å². The zero-order valence-electron chi connectivity index (χ0n) is 28.9. The monoisotopic (exact) mass is 703 g/mol. The number of fused-ring (bicyclic) bond motifs is 1. The summed E-state index contributed by atoms with van der Waals surface area (Å²) < 4.78 is 32.9. The maximum Gasteiger partial charge on any atom is 0.342 e. The van der Waals surface area contributed by atoms with Gasteiger partial charge in [-0.25, -0.2) is 4.79 Å². The molecule has 14 heteroatoms. The summed E-state index contributed by atoms with van der Waals surface area (Å²) in [5, 5.41) is 30.1. The number of aromatic hydroxyl groups is 2. The van der Waals surface area contributed by atoms with Crippen LogP contribution in [-0.4, -0.2) is 65.4 Å². The third-order valence-electron chi connectivity index (χ3n) is 8.53. The number of phenolic OH excluding ortho intramolecular Hbond substituents is 2. The highest BCUT2D eigenvalue weighted by Crippen LogP contribution is 2.47. The van der Waals surface area contributed by atoms with Crippen molar-refractivity contribution < 1.29 is 52.5 Å². The number of carbonyl (C=O) groups is 3. The van der Waals surface area contributed by atoms with Crippen molar-refractivity contribution in [2.24, 2.45) is 0 Å². The van der Waals surface area contributed by atoms with Crippen molar-refractivity contribution in [3.05, 3.63) is 70.8 Å². The van der Waals surface area contributed by atoms with Crippen LogP contribution in [0.25, 0.3) is 17.7 Å². The fourth-order valence-electron chi connectivity index (χ4n) is 5.97. The maximum atomic E-state index is 13.7. The van der Waals surface area contributed by atoms with Crippen LogP contribution in [-0.2, 0) is 20.9 Å². The number of ether oxygens (including phenoxy) is 4. The molecule has 4 aromatic rings. The van der Waals surface area contributed by atoms with Crippen molar-refractivity contribution in [3.8, 4) is 40.3 Å². The van der Waals surface area contributed by atoms with Gasteiger partial charge in [0, 0.05) is 30.7 Å². The normalized spacial score (nSPS) is 16.0. The second kappa shape index (κ2) is 16.7. The number of rotatable bonds is 10. The van der Waals surface area contributed by atoms with E-state index in [4.69, 9.17) is 27.9 Å². The minimum Gasteiger partial charge on any atom is -0.507 e. The van der Waals surface area contributed by atoms with E-state index in [1.54, 1.807) is 43.3 Å². The smallest absolute Gasteiger partial charge is 0.342 e. The molecule has 270 valence electrons. The van der Waals surface area contributed by atoms with Gasteiger partial charge in [0.05, 0.1) is 40.2 Å². The molecule has 2 unspecified atom stereocenters. The second-order valence-electron chi connectivity index (χ2n) is 12.0. The van der Waals surface area contributed by atoms with E-state index in [1.807, 2.05) is 0 Å². The quantitative estimate of drug-likeness (QED) is 0.161. The Morgan fingerprint density at radius 3 is 2.49 bits per heavy atom. The van der Waals surface area contributed by atoms with Gasteiger partial charge in [0.15, 0.2) is 17.3 Å². The number of benzene rings is 2. The number of nitrogens with zero attached hydrogens (tertiary/aromatic N) is 2. The molecule has 0 saturated carbocycles. The van der Waals surface area contributed by atoms with Gasteiger partial charge in [-0.3, -0.25) is 9.59 Å². The summed E-state index contributed by atoms with van der Waals surface area (Å²) >= 11 is 0. The Morgan fingerprint density at radius 1 is 1.06 bits per heavy atom. The Morgan fingerprint density at radius 2 is 1.80 bits per heavy atom. The first-order valence-corrected chi connectivity index (χ1v) is 16.5. The summed E-state index contributed by atoms with van der Waals surface area (Å²) in [5.41, 5.74) is 0.339. The third kappa shape index (κ3) is 8.69. The zero-order valence-corrected chi connectivity index (χ0v) is 28.9. The SMILES string of the molecule is COc1cc(C(CC(=O)NCc2nc(-c3ccco3)no2)c2c(O)cc3c(c2O)C(=O)OC(C)CCCC(=O)CCCC=C3)cc(OC)c1OC. The van der Waals surface area contributed by atoms with Gasteiger partial charge in [-0.1, -0.05) is 17.3 Å². The largest absolute Gasteiger partial charge is 0.507 e. The molecule has 5 rings (SSSR count). The fourth-order valence-corrected chi connectivity index (χ4v) is 5.97. The number of hydrogen-bond acceptors (Lipinski definition) is 13. The number of nitrogens with one attached hydrogen (secondary N) is 1. The highest BCUT2D eigenvalue weighted by Gasteiger charge is 2.32. The lowest BCUT2D eigenvalue weighted by atomic mass is 9.84. The van der Waals surface area contributed by atoms with Crippen molar-refractivity contribution in [3.63, 3.8) is 0 Å². The minimum atomic E-state index is -1.06. The Labute approximate surface area is 294 Å². The Balaban J connectivity index is 1.56. The van der Waals surface area contributed by atoms with E-state index in [2.05, 4.69) is 15.5 Å². The van der Waals surface area contributed by atoms with E-state index in [-0.39, 0.29) is 70.2 Å². The minimum absolute atomic E-state index is 0.0965. The number of furan rings is 1. The van der Waals surface area contributed by atoms with Crippen molar-refractivity contribution in [2.75, 3.05) is 21.3 Å². The number of cyclic esters (lactones) is 1. The lowest BCUT2D eigenvalue weighted by Gasteiger charge is -2.24. The molecule has 3 heterocycles. The lowest BCUT2D eigenvalue weighted by Crippen LogP contribution is -2.25. The van der Waals surface area contributed by atoms with Gasteiger partial charge in [0.1, 0.15) is 22.8 Å². The first-order valence-electron chi connectivity index (χ1n) is 16.5. The summed E-state index contributed by atoms with van der Waals surface area (Å²) in [4.78, 5) is 43.8. The van der Waals surface area contributed by atoms with Crippen LogP contribution < -0.4 is 19.5 Å². The van der Waals surface area contributed by atoms with E-state index < -0.39 is 29.6 Å². The summed E-state index contributed by atoms with van der Waals surface area (Å²) in [7, 11) is 4.32. The molecule has 0 radical (unpaired) electrons. The Kier molecular flexibility index (Phi) is 12.0. The molecule has 0 bridgehead atoms. The van der Waals surface area contributed by atoms with Crippen LogP contribution in [0.15, 0.2) is 51.6 Å². The third-order valence-corrected chi connectivity index (χ3v) is 8.53. The number of allylic oxidation sites excluding steroid dienone is 1. The molecule has 3 N–H and O–H groups in total. The average molecular weight is 704 g/mol. The highest BCUT2D eigenvalue weighted by atomic mass is 16.5. The van der Waals surface area contributed by atoms with Crippen LogP contribution in [0.1, 0.15) is 90.7 Å². The molecule has 1 amide bonds. The molecule has 51 heavy (non-hydrogen) atoms. The van der Waals surface area contributed by atoms with Crippen molar-refractivity contribution in [2.45, 2.75) is 70.4 Å². The Hall–Kier alpha value is -5.79. The molecule has 2 aromatic carbocycles. The van der Waals surface area contributed by atoms with Crippen LogP contribution in [0, 0.1) is 0 Å². The molecule has 0 fully saturated rings. The fraction of sp³-hybridized carbons (Fsp3) is 0.378. The molecule has 2 aromatic heterocycles. The number of ketones is 1. The average Bonchev–Trinajstić information content (AvgIpc) is 3.82. The predicted octanol–water partition coefficient (Wildman–Crippen LogP) is 6.09. The number of hydrogen-bond donors (Lipinski definition) is 3. The van der Waals surface area contributed by atoms with Crippen LogP contribution in [0.3, 0.4) is 0 Å². The van der Waals surface area contributed by atoms with E-state index in [0.29, 0.717) is 49.8 Å². The number of carbonyl (C=O) groups excluding carboxylic acids is 3. The topological polar surface area (TPSA) is 193 Å². The molecule has 2 atom stereocenters. The van der Waals surface area contributed by atoms with Crippen molar-refractivity contribution in [1.82, 2.24) is 15.5 Å². The zero-order chi connectivity index (χ0) is 36.5. The summed E-state index contributed by atoms with van der Waals surface area (Å²) in [6.07, 6.45) is 6.93. The van der Waals surface area contributed by atoms with Crippen LogP contribution in [0.5, 0.6) is 28.7 Å². The number of aromatic nitrogens is 2. The van der Waals surface area contributed by atoms with Crippen molar-refractivity contribution >= 4 is 23.7 Å². The summed E-state index contributed by atoms with van der Waals surface area (Å²) in [5.74, 6) is -1.64. The molecule has 1 aliphatic heterocycles. The Bertz CT molecular complexity index is 1860. The van der Waals surface area contributed by atoms with Gasteiger partial charge in [-0.2, -0.15) is 4.98 Å². The first-order chi connectivity index (χ1) is 24.6. The molecule has 0 saturated heterocycles. The summed E-state index contributed by atoms with van der Waals surface area (Å²) in [6.45, 7) is 1.59. The molecule has 14 nitrogen and oxygen atoms in total. The first kappa shape index (κ1) is 36.5. The van der Waals surface area contributed by atoms with Crippen LogP contribution >= 0.6 is 0 Å². The van der Waals surface area contributed by atoms with Gasteiger partial charge in [0.2, 0.25) is 23.4 Å². The maximum absolute atomic E-state index is 13.7. The van der Waals surface area contributed by atoms with Gasteiger partial charge in [-0.05, 0) is 74.1 Å². The van der Waals surface area contributed by atoms with Crippen LogP contribution in [0.4, 0.5) is 0 Å². The van der Waals surface area contributed by atoms with E-state index >= 15 is 0 Å². The van der Waals surface area contributed by atoms with Gasteiger partial charge < -0.3 is 43.4 Å². The lowest BCUT2D eigenvalue weighted by molar-refractivity contribution is -0.121. The molecular formula is C37H41N3O11. The van der Waals surface area contributed by atoms with Gasteiger partial charge in [0.25, 0.3) is 0 Å². The number of Topliss-reactive ketones (excluding diaryl/α,β-unsaturated/α-hetero) is 1. The van der Waals surface area contributed by atoms with Crippen molar-refractivity contribution in [1.29, 1.82) is 0 Å². The molecule has 0 spiro atoms. The molecule has 1 aliphatic rings. The molecule has 0 aliphatic carbocycles. The summed E-state index contributed by atoms with van der Waals surface area (Å²) in [6, 6.07) is 7.89. The predicted molar refractivity (Wildman–Crippen MR) is 183 cm³/mol. The second-order valence-corrected chi connectivity index (χ2v) is 12.0. The van der Waals surface area contributed by atoms with Crippen LogP contribution in [0.2, 0.25) is 0 Å². The molecular weight excluding hydrogens is 662 g/mol. The number of amides is 1. The number of phenols is 2. The number of methoxy groups -OCH3 is 3. The standard InChI is InChI=1S/C37H41N3O11/c1-21-10-8-13-24(41)12-7-5-6-11-22-16-26(42)33(34(44)32(22)37(45)50-21)25(23-17-28(46-2)35(48-4)29(18-23)47-3)19-30(43)38-20-31-39-36(40-51-31)27-14-9-15-49-27/h6,9,11,14-18,21,25,42,44H,5,7-8,10,12-13,19-20H2,1-4H3,(H,38,43).